The van der Waals surface area contributed by atoms with Crippen LogP contribution in [0.1, 0.15) is 33.1 Å². The molecular formula is C14H27N3O3. The summed E-state index contributed by atoms with van der Waals surface area (Å²) in [6, 6.07) is 0.00906. The molecule has 1 rings (SSSR count). The average molecular weight is 285 g/mol. The van der Waals surface area contributed by atoms with Gasteiger partial charge in [0.15, 0.2) is 0 Å². The molecule has 2 amide bonds. The van der Waals surface area contributed by atoms with Gasteiger partial charge in [-0.15, -0.1) is 0 Å². The third-order valence-corrected chi connectivity index (χ3v) is 4.00. The number of carbonyl (C=O) groups is 2. The Kier molecular flexibility index (Phi) is 7.36. The van der Waals surface area contributed by atoms with Crippen LogP contribution in [0.25, 0.3) is 0 Å². The summed E-state index contributed by atoms with van der Waals surface area (Å²) < 4.78 is 0. The van der Waals surface area contributed by atoms with Gasteiger partial charge in [-0.25, -0.2) is 4.79 Å². The van der Waals surface area contributed by atoms with Gasteiger partial charge in [-0.05, 0) is 5.92 Å². The summed E-state index contributed by atoms with van der Waals surface area (Å²) in [5.41, 5.74) is 0. The molecule has 1 saturated heterocycles. The summed E-state index contributed by atoms with van der Waals surface area (Å²) in [4.78, 5) is 26.4. The fourth-order valence-corrected chi connectivity index (χ4v) is 2.35. The van der Waals surface area contributed by atoms with Gasteiger partial charge in [0.25, 0.3) is 0 Å². The highest BCUT2D eigenvalue weighted by Crippen LogP contribution is 2.07. The largest absolute Gasteiger partial charge is 0.481 e. The quantitative estimate of drug-likeness (QED) is 0.738. The van der Waals surface area contributed by atoms with Crippen LogP contribution in [0.5, 0.6) is 0 Å². The van der Waals surface area contributed by atoms with Gasteiger partial charge >= 0.3 is 12.0 Å². The zero-order valence-corrected chi connectivity index (χ0v) is 12.6. The van der Waals surface area contributed by atoms with E-state index in [1.807, 2.05) is 4.90 Å². The summed E-state index contributed by atoms with van der Waals surface area (Å²) >= 11 is 0. The molecule has 0 spiro atoms. The normalized spacial score (nSPS) is 16.4. The fraction of sp³-hybridized carbons (Fsp3) is 0.857. The highest BCUT2D eigenvalue weighted by atomic mass is 16.4. The topological polar surface area (TPSA) is 72.9 Å². The van der Waals surface area contributed by atoms with Gasteiger partial charge in [-0.1, -0.05) is 26.7 Å². The van der Waals surface area contributed by atoms with Gasteiger partial charge in [0.2, 0.25) is 0 Å². The van der Waals surface area contributed by atoms with Crippen molar-refractivity contribution in [1.82, 2.24) is 15.1 Å². The lowest BCUT2D eigenvalue weighted by Gasteiger charge is -2.34. The van der Waals surface area contributed by atoms with Crippen LogP contribution in [-0.2, 0) is 4.79 Å². The van der Waals surface area contributed by atoms with Crippen molar-refractivity contribution < 1.29 is 14.7 Å². The van der Waals surface area contributed by atoms with Gasteiger partial charge < -0.3 is 15.3 Å². The molecule has 0 aromatic heterocycles. The molecule has 20 heavy (non-hydrogen) atoms. The van der Waals surface area contributed by atoms with E-state index in [4.69, 9.17) is 5.11 Å². The Morgan fingerprint density at radius 2 is 1.75 bits per heavy atom. The first-order valence-corrected chi connectivity index (χ1v) is 7.53. The molecule has 0 radical (unpaired) electrons. The minimum absolute atomic E-state index is 0.00906. The number of carboxylic acid groups (broad SMARTS) is 1. The SMILES string of the molecule is CCC(CC)CNC(=O)N1CCN(CCC(=O)O)CC1. The smallest absolute Gasteiger partial charge is 0.317 e. The van der Waals surface area contributed by atoms with E-state index in [2.05, 4.69) is 24.1 Å². The molecule has 0 aromatic rings. The maximum Gasteiger partial charge on any atom is 0.317 e. The summed E-state index contributed by atoms with van der Waals surface area (Å²) in [7, 11) is 0. The predicted molar refractivity (Wildman–Crippen MR) is 77.7 cm³/mol. The molecule has 1 fully saturated rings. The number of aliphatic carboxylic acids is 1. The van der Waals surface area contributed by atoms with Crippen molar-refractivity contribution in [3.8, 4) is 0 Å². The third-order valence-electron chi connectivity index (χ3n) is 4.00. The molecule has 1 aliphatic rings. The number of piperazine rings is 1. The molecule has 6 heteroatoms. The first-order valence-electron chi connectivity index (χ1n) is 7.53. The predicted octanol–water partition coefficient (Wildman–Crippen LogP) is 1.22. The number of carbonyl (C=O) groups excluding carboxylic acids is 1. The number of amides is 2. The van der Waals surface area contributed by atoms with E-state index in [1.165, 1.54) is 0 Å². The molecule has 0 aliphatic carbocycles. The van der Waals surface area contributed by atoms with Crippen LogP contribution in [0.4, 0.5) is 4.79 Å². The molecule has 1 aliphatic heterocycles. The van der Waals surface area contributed by atoms with Crippen molar-refractivity contribution in [3.63, 3.8) is 0 Å². The zero-order chi connectivity index (χ0) is 15.0. The van der Waals surface area contributed by atoms with Gasteiger partial charge in [0.05, 0.1) is 6.42 Å². The van der Waals surface area contributed by atoms with Gasteiger partial charge in [-0.3, -0.25) is 9.69 Å². The summed E-state index contributed by atoms with van der Waals surface area (Å²) in [5, 5.41) is 11.6. The van der Waals surface area contributed by atoms with E-state index in [9.17, 15) is 9.59 Å². The van der Waals surface area contributed by atoms with Crippen LogP contribution in [0.2, 0.25) is 0 Å². The lowest BCUT2D eigenvalue weighted by Crippen LogP contribution is -2.52. The van der Waals surface area contributed by atoms with E-state index in [0.29, 0.717) is 25.6 Å². The Labute approximate surface area is 121 Å². The molecule has 1 heterocycles. The number of hydrogen-bond donors (Lipinski definition) is 2. The molecule has 0 bridgehead atoms. The van der Waals surface area contributed by atoms with Gasteiger partial charge in [0, 0.05) is 39.3 Å². The molecule has 0 aromatic carbocycles. The van der Waals surface area contributed by atoms with Gasteiger partial charge in [-0.2, -0.15) is 0 Å². The molecule has 116 valence electrons. The molecule has 0 atom stereocenters. The Bertz CT molecular complexity index is 311. The molecular weight excluding hydrogens is 258 g/mol. The van der Waals surface area contributed by atoms with Crippen LogP contribution in [0, 0.1) is 5.92 Å². The lowest BCUT2D eigenvalue weighted by atomic mass is 10.0. The van der Waals surface area contributed by atoms with Crippen LogP contribution >= 0.6 is 0 Å². The first kappa shape index (κ1) is 16.8. The summed E-state index contributed by atoms with van der Waals surface area (Å²) in [6.45, 7) is 8.45. The second-order valence-corrected chi connectivity index (χ2v) is 5.34. The van der Waals surface area contributed by atoms with E-state index < -0.39 is 5.97 Å². The Morgan fingerprint density at radius 1 is 1.15 bits per heavy atom. The number of hydrogen-bond acceptors (Lipinski definition) is 3. The number of nitrogens with zero attached hydrogens (tertiary/aromatic N) is 2. The molecule has 6 nitrogen and oxygen atoms in total. The van der Waals surface area contributed by atoms with Crippen molar-refractivity contribution in [2.75, 3.05) is 39.3 Å². The lowest BCUT2D eigenvalue weighted by molar-refractivity contribution is -0.137. The van der Waals surface area contributed by atoms with E-state index in [0.717, 1.165) is 32.5 Å². The van der Waals surface area contributed by atoms with Gasteiger partial charge in [0.1, 0.15) is 0 Å². The second kappa shape index (κ2) is 8.79. The van der Waals surface area contributed by atoms with Crippen molar-refractivity contribution in [2.24, 2.45) is 5.92 Å². The Balaban J connectivity index is 2.23. The Morgan fingerprint density at radius 3 is 2.25 bits per heavy atom. The third kappa shape index (κ3) is 5.77. The zero-order valence-electron chi connectivity index (χ0n) is 12.6. The van der Waals surface area contributed by atoms with Crippen molar-refractivity contribution in [3.05, 3.63) is 0 Å². The fourth-order valence-electron chi connectivity index (χ4n) is 2.35. The minimum atomic E-state index is -0.768. The van der Waals surface area contributed by atoms with Crippen molar-refractivity contribution in [1.29, 1.82) is 0 Å². The van der Waals surface area contributed by atoms with E-state index >= 15 is 0 Å². The first-order chi connectivity index (χ1) is 9.56. The maximum absolute atomic E-state index is 12.0. The summed E-state index contributed by atoms with van der Waals surface area (Å²) in [5.74, 6) is -0.217. The minimum Gasteiger partial charge on any atom is -0.481 e. The standard InChI is InChI=1S/C14H27N3O3/c1-3-12(4-2)11-15-14(20)17-9-7-16(8-10-17)6-5-13(18)19/h12H,3-11H2,1-2H3,(H,15,20)(H,18,19). The van der Waals surface area contributed by atoms with Crippen LogP contribution < -0.4 is 5.32 Å². The molecule has 0 unspecified atom stereocenters. The Hall–Kier alpha value is -1.30. The van der Waals surface area contributed by atoms with Crippen LogP contribution in [0.15, 0.2) is 0 Å². The van der Waals surface area contributed by atoms with Crippen molar-refractivity contribution >= 4 is 12.0 Å². The van der Waals surface area contributed by atoms with Crippen molar-refractivity contribution in [2.45, 2.75) is 33.1 Å². The van der Waals surface area contributed by atoms with E-state index in [1.54, 1.807) is 0 Å². The summed E-state index contributed by atoms with van der Waals surface area (Å²) in [6.07, 6.45) is 2.33. The van der Waals surface area contributed by atoms with E-state index in [-0.39, 0.29) is 12.5 Å². The number of urea groups is 1. The average Bonchev–Trinajstić information content (AvgIpc) is 2.46. The highest BCUT2D eigenvalue weighted by molar-refractivity contribution is 5.74. The maximum atomic E-state index is 12.0. The van der Waals surface area contributed by atoms with Crippen LogP contribution in [-0.4, -0.2) is 66.2 Å². The second-order valence-electron chi connectivity index (χ2n) is 5.34. The highest BCUT2D eigenvalue weighted by Gasteiger charge is 2.21. The molecule has 2 N–H and O–H groups in total. The number of rotatable bonds is 7. The van der Waals surface area contributed by atoms with Crippen LogP contribution in [0.3, 0.4) is 0 Å². The number of carboxylic acids is 1. The molecule has 0 saturated carbocycles. The number of nitrogens with one attached hydrogen (secondary N) is 1. The monoisotopic (exact) mass is 285 g/mol.